The van der Waals surface area contributed by atoms with Crippen LogP contribution in [0.2, 0.25) is 0 Å². The zero-order valence-corrected chi connectivity index (χ0v) is 52.0. The number of ether oxygens (including phenoxy) is 4. The summed E-state index contributed by atoms with van der Waals surface area (Å²) in [6.07, 6.45) is 5.96. The van der Waals surface area contributed by atoms with Crippen molar-refractivity contribution in [1.82, 2.24) is 55.9 Å². The number of rotatable bonds is 26. The number of fused-ring (bicyclic) bond motifs is 1. The predicted molar refractivity (Wildman–Crippen MR) is 341 cm³/mol. The van der Waals surface area contributed by atoms with Gasteiger partial charge in [-0.1, -0.05) is 83.9 Å². The highest BCUT2D eigenvalue weighted by Crippen LogP contribution is 2.39. The molecule has 4 aromatic carbocycles. The SMILES string of the molecule is CCOc1ccc(-c2nc(-c3ccnc(C(=O)NCCO)c3)no2)cc1OCC.CCOc1ccc(-c2nc(-c3ccnc4c3CCC4NCCN(CC)CC)no2)cc1OCC.Cc1sc(-c2nc(-c3ccc(CCO)cc3)no2)cc1-c1ccccc1. The van der Waals surface area contributed by atoms with E-state index in [4.69, 9.17) is 52.7 Å². The van der Waals surface area contributed by atoms with E-state index in [0.717, 1.165) is 71.8 Å². The van der Waals surface area contributed by atoms with Gasteiger partial charge in [-0.3, -0.25) is 14.8 Å². The van der Waals surface area contributed by atoms with Gasteiger partial charge in [0, 0.05) is 71.3 Å². The Morgan fingerprint density at radius 2 is 1.18 bits per heavy atom. The number of nitrogens with one attached hydrogen (secondary N) is 2. The number of pyridine rings is 2. The van der Waals surface area contributed by atoms with Crippen molar-refractivity contribution < 1.29 is 47.5 Å². The summed E-state index contributed by atoms with van der Waals surface area (Å²) in [5, 5.41) is 36.5. The smallest absolute Gasteiger partial charge is 0.269 e. The Bertz CT molecular complexity index is 3850. The van der Waals surface area contributed by atoms with E-state index in [2.05, 4.69) is 84.9 Å². The Morgan fingerprint density at radius 1 is 0.596 bits per heavy atom. The fraction of sp³-hybridized carbons (Fsp3) is 0.328. The average Bonchev–Trinajstić information content (AvgIpc) is 1.93. The number of benzene rings is 4. The maximum Gasteiger partial charge on any atom is 0.269 e. The van der Waals surface area contributed by atoms with Crippen LogP contribution in [-0.4, -0.2) is 134 Å². The maximum absolute atomic E-state index is 12.0. The first-order valence-electron chi connectivity index (χ1n) is 30.1. The number of aliphatic hydroxyl groups excluding tert-OH is 2. The molecular formula is C67H75N11O10S. The summed E-state index contributed by atoms with van der Waals surface area (Å²) in [5.74, 6) is 5.02. The number of thiophene rings is 1. The number of nitrogens with zero attached hydrogens (tertiary/aromatic N) is 9. The van der Waals surface area contributed by atoms with E-state index in [9.17, 15) is 4.79 Å². The Balaban J connectivity index is 0.000000160. The number of likely N-dealkylation sites (N-methyl/N-ethyl adjacent to an activating group) is 1. The van der Waals surface area contributed by atoms with Gasteiger partial charge >= 0.3 is 0 Å². The topological polar surface area (TPSA) is 264 Å². The zero-order chi connectivity index (χ0) is 62.5. The molecule has 1 amide bonds. The van der Waals surface area contributed by atoms with E-state index in [-0.39, 0.29) is 31.5 Å². The Morgan fingerprint density at radius 3 is 1.81 bits per heavy atom. The lowest BCUT2D eigenvalue weighted by Gasteiger charge is -2.20. The van der Waals surface area contributed by atoms with E-state index < -0.39 is 5.91 Å². The van der Waals surface area contributed by atoms with Crippen LogP contribution in [0.4, 0.5) is 0 Å². The molecule has 22 heteroatoms. The zero-order valence-electron chi connectivity index (χ0n) is 51.2. The second-order valence-corrected chi connectivity index (χ2v) is 21.4. The Kier molecular flexibility index (Phi) is 23.2. The van der Waals surface area contributed by atoms with Crippen molar-refractivity contribution in [3.8, 4) is 102 Å². The van der Waals surface area contributed by atoms with Crippen LogP contribution in [0.15, 0.2) is 141 Å². The molecule has 1 unspecified atom stereocenters. The summed E-state index contributed by atoms with van der Waals surface area (Å²) in [4.78, 5) is 39.0. The van der Waals surface area contributed by atoms with Crippen molar-refractivity contribution in [1.29, 1.82) is 0 Å². The molecule has 6 heterocycles. The first kappa shape index (κ1) is 64.3. The lowest BCUT2D eigenvalue weighted by molar-refractivity contribution is 0.0939. The molecule has 0 saturated carbocycles. The number of amides is 1. The molecule has 1 atom stereocenters. The van der Waals surface area contributed by atoms with Gasteiger partial charge in [0.25, 0.3) is 23.6 Å². The largest absolute Gasteiger partial charge is 0.490 e. The van der Waals surface area contributed by atoms with Gasteiger partial charge in [-0.15, -0.1) is 11.3 Å². The van der Waals surface area contributed by atoms with Crippen LogP contribution in [0.25, 0.3) is 79.0 Å². The third-order valence-corrected chi connectivity index (χ3v) is 15.4. The monoisotopic (exact) mass is 1230 g/mol. The number of carbonyl (C=O) groups is 1. The van der Waals surface area contributed by atoms with Crippen LogP contribution < -0.4 is 29.6 Å². The van der Waals surface area contributed by atoms with Crippen LogP contribution in [0.1, 0.15) is 86.2 Å². The van der Waals surface area contributed by atoms with Crippen molar-refractivity contribution in [2.45, 2.75) is 73.8 Å². The van der Waals surface area contributed by atoms with E-state index in [1.54, 1.807) is 35.6 Å². The molecule has 0 fully saturated rings. The van der Waals surface area contributed by atoms with Gasteiger partial charge in [0.05, 0.1) is 49.6 Å². The minimum atomic E-state index is -0.391. The molecule has 1 aliphatic rings. The fourth-order valence-electron chi connectivity index (χ4n) is 9.95. The third-order valence-electron chi connectivity index (χ3n) is 14.4. The van der Waals surface area contributed by atoms with Crippen molar-refractivity contribution in [3.05, 3.63) is 155 Å². The minimum Gasteiger partial charge on any atom is -0.490 e. The number of hydrogen-bond donors (Lipinski definition) is 4. The molecule has 89 heavy (non-hydrogen) atoms. The summed E-state index contributed by atoms with van der Waals surface area (Å²) in [6, 6.07) is 36.8. The van der Waals surface area contributed by atoms with E-state index in [1.165, 1.54) is 27.8 Å². The summed E-state index contributed by atoms with van der Waals surface area (Å²) in [5.41, 5.74) is 9.93. The summed E-state index contributed by atoms with van der Waals surface area (Å²) in [7, 11) is 0. The molecule has 4 N–H and O–H groups in total. The van der Waals surface area contributed by atoms with Crippen molar-refractivity contribution in [2.75, 3.05) is 72.4 Å². The van der Waals surface area contributed by atoms with E-state index in [1.807, 2.05) is 107 Å². The number of carbonyl (C=O) groups excluding carboxylic acids is 1. The van der Waals surface area contributed by atoms with Gasteiger partial charge in [-0.25, -0.2) is 0 Å². The second kappa shape index (κ2) is 32.2. The van der Waals surface area contributed by atoms with Crippen LogP contribution in [0.5, 0.6) is 23.0 Å². The second-order valence-electron chi connectivity index (χ2n) is 20.1. The predicted octanol–water partition coefficient (Wildman–Crippen LogP) is 11.8. The first-order valence-corrected chi connectivity index (χ1v) is 30.9. The molecule has 10 aromatic rings. The molecular weight excluding hydrogens is 1150 g/mol. The highest BCUT2D eigenvalue weighted by atomic mass is 32.1. The number of aryl methyl sites for hydroxylation is 1. The lowest BCUT2D eigenvalue weighted by Crippen LogP contribution is -2.33. The Labute approximate surface area is 521 Å². The highest BCUT2D eigenvalue weighted by molar-refractivity contribution is 7.15. The third kappa shape index (κ3) is 16.5. The molecule has 464 valence electrons. The number of hydrogen-bond acceptors (Lipinski definition) is 21. The van der Waals surface area contributed by atoms with Crippen molar-refractivity contribution >= 4 is 17.2 Å². The molecule has 21 nitrogen and oxygen atoms in total. The molecule has 0 spiro atoms. The summed E-state index contributed by atoms with van der Waals surface area (Å²) >= 11 is 1.66. The molecule has 0 radical (unpaired) electrons. The van der Waals surface area contributed by atoms with Gasteiger partial charge in [-0.2, -0.15) is 15.0 Å². The van der Waals surface area contributed by atoms with E-state index >= 15 is 0 Å². The quantitative estimate of drug-likeness (QED) is 0.0392. The molecule has 0 saturated heterocycles. The van der Waals surface area contributed by atoms with Gasteiger partial charge in [0.1, 0.15) is 5.69 Å². The number of aliphatic hydroxyl groups is 2. The van der Waals surface area contributed by atoms with Crippen LogP contribution in [-0.2, 0) is 12.8 Å². The van der Waals surface area contributed by atoms with Gasteiger partial charge in [-0.05, 0) is 150 Å². The number of aromatic nitrogens is 8. The van der Waals surface area contributed by atoms with Crippen LogP contribution in [0.3, 0.4) is 0 Å². The standard InChI is InChI=1S/C26H35N5O3.C21H18N2O2S.C20H22N4O5/c1-5-31(6-2)16-15-27-21-11-10-19-20(13-14-28-24(19)21)25-29-26(34-30-25)18-9-12-22(32-7-3)23(17-18)33-8-4;1-14-18(16-5-3-2-4-6-16)13-19(26-14)21-22-20(23-25-21)17-9-7-15(8-10-17)11-12-24;1-3-27-16-6-5-14(12-17(16)28-4-2)20-23-18(24-29-20)13-7-8-21-15(11-13)19(26)22-9-10-25/h9,12-14,17,21,27H,5-8,10-11,15-16H2,1-4H3;2-10,13,24H,11-12H2,1H3;5-8,11-12,25H,3-4,9-10H2,1-2H3,(H,22,26). The van der Waals surface area contributed by atoms with Gasteiger partial charge in [0.2, 0.25) is 17.5 Å². The van der Waals surface area contributed by atoms with E-state index in [0.29, 0.717) is 102 Å². The first-order chi connectivity index (χ1) is 43.6. The van der Waals surface area contributed by atoms with Crippen LogP contribution in [0, 0.1) is 6.92 Å². The average molecular weight is 1230 g/mol. The normalized spacial score (nSPS) is 12.4. The highest BCUT2D eigenvalue weighted by Gasteiger charge is 2.28. The van der Waals surface area contributed by atoms with Crippen molar-refractivity contribution in [2.24, 2.45) is 0 Å². The molecule has 1 aliphatic carbocycles. The summed E-state index contributed by atoms with van der Waals surface area (Å²) < 4.78 is 39.1. The van der Waals surface area contributed by atoms with Gasteiger partial charge < -0.3 is 58.3 Å². The maximum atomic E-state index is 12.0. The fourth-order valence-corrected chi connectivity index (χ4v) is 10.9. The molecule has 6 aromatic heterocycles. The van der Waals surface area contributed by atoms with Crippen LogP contribution >= 0.6 is 11.3 Å². The van der Waals surface area contributed by atoms with Crippen molar-refractivity contribution in [3.63, 3.8) is 0 Å². The molecule has 11 rings (SSSR count). The Hall–Kier alpha value is -9.19. The molecule has 0 aliphatic heterocycles. The summed E-state index contributed by atoms with van der Waals surface area (Å²) in [6.45, 7) is 20.6. The van der Waals surface area contributed by atoms with Gasteiger partial charge in [0.15, 0.2) is 23.0 Å². The minimum absolute atomic E-state index is 0.146. The molecule has 0 bridgehead atoms. The lowest BCUT2D eigenvalue weighted by atomic mass is 10.1.